The molecule has 0 spiro atoms. The summed E-state index contributed by atoms with van der Waals surface area (Å²) in [5.41, 5.74) is -0.676. The lowest BCUT2D eigenvalue weighted by Crippen LogP contribution is -2.52. The summed E-state index contributed by atoms with van der Waals surface area (Å²) < 4.78 is 13.1. The molecule has 0 radical (unpaired) electrons. The Kier molecular flexibility index (Phi) is 4.81. The van der Waals surface area contributed by atoms with Gasteiger partial charge in [-0.05, 0) is 36.2 Å². The first-order valence-corrected chi connectivity index (χ1v) is 8.13. The fourth-order valence-corrected chi connectivity index (χ4v) is 2.93. The summed E-state index contributed by atoms with van der Waals surface area (Å²) in [5.74, 6) is -1.68. The molecule has 2 N–H and O–H groups in total. The molecular formula is C19H19FN2O3. The average molecular weight is 342 g/mol. The van der Waals surface area contributed by atoms with Crippen molar-refractivity contribution >= 4 is 17.5 Å². The van der Waals surface area contributed by atoms with E-state index in [1.807, 2.05) is 6.07 Å². The Morgan fingerprint density at radius 3 is 2.68 bits per heavy atom. The van der Waals surface area contributed by atoms with Crippen LogP contribution in [0.1, 0.15) is 12.0 Å². The third-order valence-electron chi connectivity index (χ3n) is 4.33. The highest BCUT2D eigenvalue weighted by Crippen LogP contribution is 2.28. The predicted molar refractivity (Wildman–Crippen MR) is 91.5 cm³/mol. The Balaban J connectivity index is 1.61. The van der Waals surface area contributed by atoms with E-state index in [1.165, 1.54) is 17.0 Å². The molecule has 1 heterocycles. The molecular weight excluding hydrogens is 323 g/mol. The molecule has 2 aromatic rings. The summed E-state index contributed by atoms with van der Waals surface area (Å²) in [6, 6.07) is 15.0. The van der Waals surface area contributed by atoms with Crippen LogP contribution in [0.3, 0.4) is 0 Å². The van der Waals surface area contributed by atoms with Gasteiger partial charge >= 0.3 is 0 Å². The molecule has 1 atom stereocenters. The molecule has 1 saturated heterocycles. The van der Waals surface area contributed by atoms with Crippen LogP contribution in [0.25, 0.3) is 0 Å². The van der Waals surface area contributed by atoms with E-state index in [9.17, 15) is 19.1 Å². The molecule has 0 bridgehead atoms. The van der Waals surface area contributed by atoms with Crippen molar-refractivity contribution < 1.29 is 19.1 Å². The number of hydrogen-bond acceptors (Lipinski definition) is 3. The van der Waals surface area contributed by atoms with Gasteiger partial charge in [-0.15, -0.1) is 0 Å². The van der Waals surface area contributed by atoms with E-state index < -0.39 is 17.4 Å². The van der Waals surface area contributed by atoms with Gasteiger partial charge in [0.05, 0.1) is 0 Å². The van der Waals surface area contributed by atoms with Crippen LogP contribution in [0.15, 0.2) is 54.6 Å². The van der Waals surface area contributed by atoms with Gasteiger partial charge in [0.2, 0.25) is 5.60 Å². The Labute approximate surface area is 145 Å². The van der Waals surface area contributed by atoms with Crippen molar-refractivity contribution in [3.8, 4) is 0 Å². The van der Waals surface area contributed by atoms with E-state index in [0.717, 1.165) is 5.56 Å². The second kappa shape index (κ2) is 7.03. The van der Waals surface area contributed by atoms with Gasteiger partial charge in [-0.3, -0.25) is 9.59 Å². The number of anilines is 1. The predicted octanol–water partition coefficient (Wildman–Crippen LogP) is 1.65. The molecule has 0 saturated carbocycles. The number of rotatable bonds is 5. The van der Waals surface area contributed by atoms with Gasteiger partial charge in [-0.1, -0.05) is 30.3 Å². The Bertz CT molecular complexity index is 781. The molecule has 6 heteroatoms. The average Bonchev–Trinajstić information content (AvgIpc) is 2.92. The van der Waals surface area contributed by atoms with Crippen LogP contribution in [0.5, 0.6) is 0 Å². The van der Waals surface area contributed by atoms with Crippen molar-refractivity contribution in [1.82, 2.24) is 5.32 Å². The van der Waals surface area contributed by atoms with Gasteiger partial charge < -0.3 is 15.3 Å². The zero-order chi connectivity index (χ0) is 17.9. The van der Waals surface area contributed by atoms with Crippen molar-refractivity contribution in [2.24, 2.45) is 0 Å². The molecule has 25 heavy (non-hydrogen) atoms. The standard InChI is InChI=1S/C19H19FN2O3/c20-15-6-4-5-14(13-15)9-11-21-17(23)19(25)10-12-22(18(19)24)16-7-2-1-3-8-16/h1-8,13,25H,9-12H2,(H,21,23). The lowest BCUT2D eigenvalue weighted by molar-refractivity contribution is -0.149. The summed E-state index contributed by atoms with van der Waals surface area (Å²) in [6.45, 7) is 0.486. The maximum atomic E-state index is 13.1. The molecule has 0 aromatic heterocycles. The van der Waals surface area contributed by atoms with Crippen molar-refractivity contribution in [2.75, 3.05) is 18.0 Å². The highest BCUT2D eigenvalue weighted by atomic mass is 19.1. The van der Waals surface area contributed by atoms with E-state index in [-0.39, 0.29) is 25.3 Å². The van der Waals surface area contributed by atoms with Crippen LogP contribution in [0.2, 0.25) is 0 Å². The maximum Gasteiger partial charge on any atom is 0.268 e. The quantitative estimate of drug-likeness (QED) is 0.812. The highest BCUT2D eigenvalue weighted by Gasteiger charge is 2.51. The summed E-state index contributed by atoms with van der Waals surface area (Å²) in [5, 5.41) is 13.1. The number of benzene rings is 2. The normalized spacial score (nSPS) is 19.9. The monoisotopic (exact) mass is 342 g/mol. The number of carbonyl (C=O) groups excluding carboxylic acids is 2. The topological polar surface area (TPSA) is 69.6 Å². The van der Waals surface area contributed by atoms with Crippen molar-refractivity contribution in [3.63, 3.8) is 0 Å². The maximum absolute atomic E-state index is 13.1. The zero-order valence-corrected chi connectivity index (χ0v) is 13.6. The number of halogens is 1. The lowest BCUT2D eigenvalue weighted by Gasteiger charge is -2.21. The number of nitrogens with zero attached hydrogens (tertiary/aromatic N) is 1. The van der Waals surface area contributed by atoms with Crippen LogP contribution in [0.4, 0.5) is 10.1 Å². The van der Waals surface area contributed by atoms with Crippen LogP contribution in [-0.4, -0.2) is 35.6 Å². The molecule has 0 aliphatic carbocycles. The minimum Gasteiger partial charge on any atom is -0.372 e. The summed E-state index contributed by atoms with van der Waals surface area (Å²) in [6.07, 6.45) is 0.447. The minimum absolute atomic E-state index is 0.0343. The van der Waals surface area contributed by atoms with Gasteiger partial charge in [0.15, 0.2) is 0 Å². The zero-order valence-electron chi connectivity index (χ0n) is 13.6. The largest absolute Gasteiger partial charge is 0.372 e. The second-order valence-electron chi connectivity index (χ2n) is 6.04. The molecule has 2 aromatic carbocycles. The Morgan fingerprint density at radius 2 is 1.96 bits per heavy atom. The van der Waals surface area contributed by atoms with E-state index in [4.69, 9.17) is 0 Å². The van der Waals surface area contributed by atoms with Crippen molar-refractivity contribution in [2.45, 2.75) is 18.4 Å². The fraction of sp³-hybridized carbons (Fsp3) is 0.263. The van der Waals surface area contributed by atoms with E-state index >= 15 is 0 Å². The van der Waals surface area contributed by atoms with Crippen LogP contribution >= 0.6 is 0 Å². The highest BCUT2D eigenvalue weighted by molar-refractivity contribution is 6.16. The first kappa shape index (κ1) is 17.1. The summed E-state index contributed by atoms with van der Waals surface area (Å²) >= 11 is 0. The van der Waals surface area contributed by atoms with E-state index in [1.54, 1.807) is 36.4 Å². The minimum atomic E-state index is -2.06. The van der Waals surface area contributed by atoms with Gasteiger partial charge in [0.25, 0.3) is 11.8 Å². The number of para-hydroxylation sites is 1. The van der Waals surface area contributed by atoms with Gasteiger partial charge in [-0.2, -0.15) is 0 Å². The molecule has 1 aliphatic heterocycles. The van der Waals surface area contributed by atoms with Crippen LogP contribution in [-0.2, 0) is 16.0 Å². The van der Waals surface area contributed by atoms with Gasteiger partial charge in [0.1, 0.15) is 5.82 Å². The Morgan fingerprint density at radius 1 is 1.20 bits per heavy atom. The van der Waals surface area contributed by atoms with E-state index in [0.29, 0.717) is 12.1 Å². The molecule has 1 fully saturated rings. The third-order valence-corrected chi connectivity index (χ3v) is 4.33. The number of nitrogens with one attached hydrogen (secondary N) is 1. The molecule has 1 unspecified atom stereocenters. The Hall–Kier alpha value is -2.73. The van der Waals surface area contributed by atoms with Crippen molar-refractivity contribution in [3.05, 3.63) is 66.0 Å². The van der Waals surface area contributed by atoms with Crippen molar-refractivity contribution in [1.29, 1.82) is 0 Å². The van der Waals surface area contributed by atoms with Gasteiger partial charge in [0, 0.05) is 25.2 Å². The number of carbonyl (C=O) groups is 2. The molecule has 5 nitrogen and oxygen atoms in total. The molecule has 3 rings (SSSR count). The van der Waals surface area contributed by atoms with Crippen LogP contribution in [0, 0.1) is 5.82 Å². The summed E-state index contributed by atoms with van der Waals surface area (Å²) in [7, 11) is 0. The SMILES string of the molecule is O=C(NCCc1cccc(F)c1)C1(O)CCN(c2ccccc2)C1=O. The number of amides is 2. The fourth-order valence-electron chi connectivity index (χ4n) is 2.93. The second-order valence-corrected chi connectivity index (χ2v) is 6.04. The van der Waals surface area contributed by atoms with Gasteiger partial charge in [-0.25, -0.2) is 4.39 Å². The summed E-state index contributed by atoms with van der Waals surface area (Å²) in [4.78, 5) is 26.3. The third kappa shape index (κ3) is 3.53. The first-order chi connectivity index (χ1) is 12.0. The number of aliphatic hydroxyl groups is 1. The smallest absolute Gasteiger partial charge is 0.268 e. The molecule has 1 aliphatic rings. The number of hydrogen-bond donors (Lipinski definition) is 2. The molecule has 130 valence electrons. The lowest BCUT2D eigenvalue weighted by atomic mass is 10.0. The molecule has 2 amide bonds. The van der Waals surface area contributed by atoms with Crippen LogP contribution < -0.4 is 10.2 Å². The first-order valence-electron chi connectivity index (χ1n) is 8.13. The van der Waals surface area contributed by atoms with E-state index in [2.05, 4.69) is 5.32 Å².